The van der Waals surface area contributed by atoms with Crippen molar-refractivity contribution in [3.63, 3.8) is 0 Å². The van der Waals surface area contributed by atoms with Crippen LogP contribution >= 0.6 is 12.4 Å². The predicted octanol–water partition coefficient (Wildman–Crippen LogP) is 2.83. The van der Waals surface area contributed by atoms with E-state index in [1.807, 2.05) is 12.1 Å². The molecule has 1 aromatic carbocycles. The number of nitrogens with two attached hydrogens (primary N) is 1. The molecule has 2 rings (SSSR count). The molecule has 0 aliphatic carbocycles. The fourth-order valence-electron chi connectivity index (χ4n) is 2.99. The van der Waals surface area contributed by atoms with Gasteiger partial charge in [0.2, 0.25) is 10.0 Å². The molecule has 1 aliphatic heterocycles. The topological polar surface area (TPSA) is 72.6 Å². The lowest BCUT2D eigenvalue weighted by Crippen LogP contribution is -2.41. The molecule has 2 N–H and O–H groups in total. The zero-order valence-corrected chi connectivity index (χ0v) is 16.8. The van der Waals surface area contributed by atoms with Crippen LogP contribution in [0.2, 0.25) is 0 Å². The van der Waals surface area contributed by atoms with Gasteiger partial charge in [0.05, 0.1) is 11.0 Å². The number of rotatable bonds is 8. The molecule has 25 heavy (non-hydrogen) atoms. The maximum absolute atomic E-state index is 12.8. The highest BCUT2D eigenvalue weighted by atomic mass is 35.5. The van der Waals surface area contributed by atoms with E-state index in [0.29, 0.717) is 37.1 Å². The van der Waals surface area contributed by atoms with E-state index in [2.05, 4.69) is 13.8 Å². The molecule has 144 valence electrons. The van der Waals surface area contributed by atoms with E-state index in [-0.39, 0.29) is 18.5 Å². The normalized spacial score (nSPS) is 16.8. The number of sulfonamides is 1. The second-order valence-electron chi connectivity index (χ2n) is 6.86. The van der Waals surface area contributed by atoms with Crippen LogP contribution in [0, 0.1) is 5.92 Å². The third-order valence-electron chi connectivity index (χ3n) is 4.31. The Morgan fingerprint density at radius 2 is 1.80 bits per heavy atom. The molecule has 1 fully saturated rings. The van der Waals surface area contributed by atoms with Crippen molar-refractivity contribution in [3.05, 3.63) is 29.8 Å². The van der Waals surface area contributed by atoms with Gasteiger partial charge in [-0.25, -0.2) is 8.42 Å². The summed E-state index contributed by atoms with van der Waals surface area (Å²) in [7, 11) is -3.40. The van der Waals surface area contributed by atoms with Crippen molar-refractivity contribution < 1.29 is 13.2 Å². The maximum atomic E-state index is 12.8. The Balaban J connectivity index is 0.00000312. The van der Waals surface area contributed by atoms with Crippen LogP contribution < -0.4 is 5.73 Å². The Labute approximate surface area is 158 Å². The number of hydrogen-bond acceptors (Lipinski definition) is 4. The summed E-state index contributed by atoms with van der Waals surface area (Å²) < 4.78 is 32.8. The Bertz CT molecular complexity index is 597. The fourth-order valence-corrected chi connectivity index (χ4v) is 4.46. The molecule has 7 heteroatoms. The fraction of sp³-hybridized carbons (Fsp3) is 0.667. The van der Waals surface area contributed by atoms with Gasteiger partial charge in [-0.2, -0.15) is 4.31 Å². The molecule has 1 heterocycles. The second kappa shape index (κ2) is 10.5. The van der Waals surface area contributed by atoms with Gasteiger partial charge in [-0.05, 0) is 55.8 Å². The quantitative estimate of drug-likeness (QED) is 0.692. The summed E-state index contributed by atoms with van der Waals surface area (Å²) in [6, 6.07) is 7.32. The maximum Gasteiger partial charge on any atom is 0.243 e. The highest BCUT2D eigenvalue weighted by Crippen LogP contribution is 2.23. The lowest BCUT2D eigenvalue weighted by molar-refractivity contribution is 0.0209. The van der Waals surface area contributed by atoms with Crippen LogP contribution in [0.3, 0.4) is 0 Å². The highest BCUT2D eigenvalue weighted by Gasteiger charge is 2.29. The smallest absolute Gasteiger partial charge is 0.243 e. The van der Waals surface area contributed by atoms with Gasteiger partial charge in [0, 0.05) is 19.7 Å². The third kappa shape index (κ3) is 6.53. The predicted molar refractivity (Wildman–Crippen MR) is 104 cm³/mol. The van der Waals surface area contributed by atoms with Crippen molar-refractivity contribution >= 4 is 22.4 Å². The highest BCUT2D eigenvalue weighted by molar-refractivity contribution is 7.89. The Kier molecular flexibility index (Phi) is 9.38. The molecule has 1 saturated heterocycles. The van der Waals surface area contributed by atoms with Gasteiger partial charge >= 0.3 is 0 Å². The number of halogens is 1. The van der Waals surface area contributed by atoms with E-state index in [9.17, 15) is 8.42 Å². The van der Waals surface area contributed by atoms with E-state index in [1.54, 1.807) is 16.4 Å². The minimum absolute atomic E-state index is 0. The number of ether oxygens (including phenoxy) is 1. The molecular weight excluding hydrogens is 360 g/mol. The van der Waals surface area contributed by atoms with E-state index in [0.717, 1.165) is 25.7 Å². The molecule has 0 bridgehead atoms. The van der Waals surface area contributed by atoms with Crippen LogP contribution in [0.5, 0.6) is 0 Å². The average Bonchev–Trinajstić information content (AvgIpc) is 2.55. The van der Waals surface area contributed by atoms with Gasteiger partial charge in [0.25, 0.3) is 0 Å². The SMILES string of the molecule is CC(C)Cc1ccc(S(=O)(=O)N2CCC(OCCCN)CC2)cc1.Cl. The minimum Gasteiger partial charge on any atom is -0.378 e. The summed E-state index contributed by atoms with van der Waals surface area (Å²) in [4.78, 5) is 0.387. The van der Waals surface area contributed by atoms with Gasteiger partial charge < -0.3 is 10.5 Å². The minimum atomic E-state index is -3.40. The first kappa shape index (κ1) is 22.4. The number of nitrogens with zero attached hydrogens (tertiary/aromatic N) is 1. The van der Waals surface area contributed by atoms with Crippen molar-refractivity contribution in [2.45, 2.75) is 50.5 Å². The second-order valence-corrected chi connectivity index (χ2v) is 8.80. The Hall–Kier alpha value is -0.660. The molecule has 0 unspecified atom stereocenters. The largest absolute Gasteiger partial charge is 0.378 e. The lowest BCUT2D eigenvalue weighted by Gasteiger charge is -2.31. The first-order valence-corrected chi connectivity index (χ1v) is 10.3. The van der Waals surface area contributed by atoms with E-state index >= 15 is 0 Å². The third-order valence-corrected chi connectivity index (χ3v) is 6.22. The zero-order chi connectivity index (χ0) is 17.6. The van der Waals surface area contributed by atoms with Crippen LogP contribution in [-0.2, 0) is 21.2 Å². The number of hydrogen-bond donors (Lipinski definition) is 1. The molecule has 0 saturated carbocycles. The van der Waals surface area contributed by atoms with Crippen molar-refractivity contribution in [1.29, 1.82) is 0 Å². The van der Waals surface area contributed by atoms with Crippen molar-refractivity contribution in [1.82, 2.24) is 4.31 Å². The molecule has 0 aromatic heterocycles. The molecule has 0 atom stereocenters. The summed E-state index contributed by atoms with van der Waals surface area (Å²) in [6.07, 6.45) is 3.45. The van der Waals surface area contributed by atoms with Crippen LogP contribution in [0.25, 0.3) is 0 Å². The summed E-state index contributed by atoms with van der Waals surface area (Å²) in [5, 5.41) is 0. The number of piperidine rings is 1. The van der Waals surface area contributed by atoms with Gasteiger partial charge in [0.1, 0.15) is 0 Å². The monoisotopic (exact) mass is 390 g/mol. The summed E-state index contributed by atoms with van der Waals surface area (Å²) in [5.74, 6) is 0.561. The van der Waals surface area contributed by atoms with Gasteiger partial charge in [-0.1, -0.05) is 26.0 Å². The zero-order valence-electron chi connectivity index (χ0n) is 15.2. The van der Waals surface area contributed by atoms with E-state index < -0.39 is 10.0 Å². The van der Waals surface area contributed by atoms with Gasteiger partial charge in [-0.3, -0.25) is 0 Å². The molecule has 0 spiro atoms. The number of benzene rings is 1. The van der Waals surface area contributed by atoms with Crippen LogP contribution in [0.4, 0.5) is 0 Å². The summed E-state index contributed by atoms with van der Waals surface area (Å²) >= 11 is 0. The molecular formula is C18H31ClN2O3S. The average molecular weight is 391 g/mol. The standard InChI is InChI=1S/C18H30N2O3S.ClH/c1-15(2)14-16-4-6-18(7-5-16)24(21,22)20-11-8-17(9-12-20)23-13-3-10-19;/h4-7,15,17H,3,8-14,19H2,1-2H3;1H. The Morgan fingerprint density at radius 1 is 1.20 bits per heavy atom. The van der Waals surface area contributed by atoms with Gasteiger partial charge in [-0.15, -0.1) is 12.4 Å². The van der Waals surface area contributed by atoms with Crippen LogP contribution in [-0.4, -0.2) is 45.1 Å². The molecule has 5 nitrogen and oxygen atoms in total. The molecule has 1 aliphatic rings. The van der Waals surface area contributed by atoms with E-state index in [1.165, 1.54) is 5.56 Å². The molecule has 0 radical (unpaired) electrons. The van der Waals surface area contributed by atoms with Crippen LogP contribution in [0.1, 0.15) is 38.7 Å². The summed E-state index contributed by atoms with van der Waals surface area (Å²) in [6.45, 7) is 6.63. The van der Waals surface area contributed by atoms with Crippen molar-refractivity contribution in [2.24, 2.45) is 11.7 Å². The van der Waals surface area contributed by atoms with Crippen molar-refractivity contribution in [2.75, 3.05) is 26.2 Å². The first-order valence-electron chi connectivity index (χ1n) is 8.84. The van der Waals surface area contributed by atoms with Crippen molar-refractivity contribution in [3.8, 4) is 0 Å². The first-order chi connectivity index (χ1) is 11.4. The molecule has 0 amide bonds. The van der Waals surface area contributed by atoms with Crippen LogP contribution in [0.15, 0.2) is 29.2 Å². The lowest BCUT2D eigenvalue weighted by atomic mass is 10.0. The molecule has 1 aromatic rings. The van der Waals surface area contributed by atoms with Gasteiger partial charge in [0.15, 0.2) is 0 Å². The van der Waals surface area contributed by atoms with E-state index in [4.69, 9.17) is 10.5 Å². The Morgan fingerprint density at radius 3 is 2.32 bits per heavy atom. The summed E-state index contributed by atoms with van der Waals surface area (Å²) in [5.41, 5.74) is 6.63.